The molecule has 21 heavy (non-hydrogen) atoms. The molecule has 2 aromatic carbocycles. The highest BCUT2D eigenvalue weighted by molar-refractivity contribution is 5.69. The maximum Gasteiger partial charge on any atom is 0.124 e. The predicted octanol–water partition coefficient (Wildman–Crippen LogP) is 3.71. The van der Waals surface area contributed by atoms with Crippen LogP contribution in [0.15, 0.2) is 30.3 Å². The molecule has 2 rings (SSSR count). The Morgan fingerprint density at radius 1 is 0.905 bits per heavy atom. The van der Waals surface area contributed by atoms with Crippen molar-refractivity contribution in [1.82, 2.24) is 5.32 Å². The van der Waals surface area contributed by atoms with Crippen LogP contribution in [0.1, 0.15) is 16.7 Å². The predicted molar refractivity (Wildman–Crippen MR) is 87.2 cm³/mol. The van der Waals surface area contributed by atoms with Crippen molar-refractivity contribution < 1.29 is 9.47 Å². The van der Waals surface area contributed by atoms with E-state index in [0.717, 1.165) is 34.7 Å². The van der Waals surface area contributed by atoms with E-state index in [1.54, 1.807) is 14.2 Å². The van der Waals surface area contributed by atoms with Crippen LogP contribution in [0.2, 0.25) is 0 Å². The molecule has 0 aliphatic rings. The summed E-state index contributed by atoms with van der Waals surface area (Å²) < 4.78 is 10.8. The number of ether oxygens (including phenoxy) is 2. The minimum Gasteiger partial charge on any atom is -0.496 e. The maximum absolute atomic E-state index is 5.44. The lowest BCUT2D eigenvalue weighted by Gasteiger charge is -2.14. The fourth-order valence-electron chi connectivity index (χ4n) is 2.73. The molecular weight excluding hydrogens is 262 g/mol. The van der Waals surface area contributed by atoms with Crippen molar-refractivity contribution in [3.8, 4) is 22.6 Å². The van der Waals surface area contributed by atoms with Gasteiger partial charge in [-0.2, -0.15) is 0 Å². The van der Waals surface area contributed by atoms with Gasteiger partial charge in [-0.25, -0.2) is 0 Å². The van der Waals surface area contributed by atoms with Gasteiger partial charge in [-0.15, -0.1) is 0 Å². The Hall–Kier alpha value is -2.00. The summed E-state index contributed by atoms with van der Waals surface area (Å²) in [6.07, 6.45) is 0. The van der Waals surface area contributed by atoms with E-state index >= 15 is 0 Å². The molecule has 0 spiro atoms. The largest absolute Gasteiger partial charge is 0.496 e. The Morgan fingerprint density at radius 3 is 2.10 bits per heavy atom. The highest BCUT2D eigenvalue weighted by Gasteiger charge is 2.09. The lowest BCUT2D eigenvalue weighted by molar-refractivity contribution is 0.408. The molecule has 0 aromatic heterocycles. The van der Waals surface area contributed by atoms with Crippen molar-refractivity contribution in [1.29, 1.82) is 0 Å². The number of benzene rings is 2. The van der Waals surface area contributed by atoms with Crippen molar-refractivity contribution in [2.75, 3.05) is 21.3 Å². The van der Waals surface area contributed by atoms with E-state index in [0.29, 0.717) is 0 Å². The van der Waals surface area contributed by atoms with Gasteiger partial charge in [-0.05, 0) is 67.4 Å². The molecule has 0 heterocycles. The van der Waals surface area contributed by atoms with Crippen LogP contribution in [0.4, 0.5) is 0 Å². The zero-order valence-corrected chi connectivity index (χ0v) is 13.4. The van der Waals surface area contributed by atoms with Crippen LogP contribution in [0.25, 0.3) is 11.1 Å². The summed E-state index contributed by atoms with van der Waals surface area (Å²) in [6.45, 7) is 4.94. The standard InChI is InChI=1S/C18H23NO2/c1-12-8-15(9-13(2)18(12)21-5)14-6-7-17(20-4)16(10-14)11-19-3/h6-10,19H,11H2,1-5H3. The molecule has 0 aliphatic carbocycles. The Labute approximate surface area is 126 Å². The van der Waals surface area contributed by atoms with Crippen LogP contribution in [-0.2, 0) is 6.54 Å². The molecule has 3 heteroatoms. The van der Waals surface area contributed by atoms with Gasteiger partial charge in [-0.3, -0.25) is 0 Å². The number of hydrogen-bond acceptors (Lipinski definition) is 3. The van der Waals surface area contributed by atoms with Gasteiger partial charge in [0.05, 0.1) is 14.2 Å². The molecular formula is C18H23NO2. The second kappa shape index (κ2) is 6.64. The summed E-state index contributed by atoms with van der Waals surface area (Å²) in [7, 11) is 5.36. The molecule has 2 aromatic rings. The average Bonchev–Trinajstić information content (AvgIpc) is 2.47. The summed E-state index contributed by atoms with van der Waals surface area (Å²) in [5, 5.41) is 3.18. The Morgan fingerprint density at radius 2 is 1.57 bits per heavy atom. The van der Waals surface area contributed by atoms with Crippen LogP contribution in [0.3, 0.4) is 0 Å². The molecule has 0 unspecified atom stereocenters. The first-order valence-corrected chi connectivity index (χ1v) is 7.07. The minimum atomic E-state index is 0.783. The van der Waals surface area contributed by atoms with Crippen LogP contribution < -0.4 is 14.8 Å². The number of aryl methyl sites for hydroxylation is 2. The Balaban J connectivity index is 2.49. The monoisotopic (exact) mass is 285 g/mol. The van der Waals surface area contributed by atoms with E-state index in [1.807, 2.05) is 13.1 Å². The number of rotatable bonds is 5. The van der Waals surface area contributed by atoms with E-state index in [2.05, 4.69) is 43.4 Å². The van der Waals surface area contributed by atoms with Crippen molar-refractivity contribution in [2.24, 2.45) is 0 Å². The lowest BCUT2D eigenvalue weighted by atomic mass is 9.98. The first-order chi connectivity index (χ1) is 10.1. The van der Waals surface area contributed by atoms with Gasteiger partial charge in [0.15, 0.2) is 0 Å². The van der Waals surface area contributed by atoms with E-state index < -0.39 is 0 Å². The van der Waals surface area contributed by atoms with Crippen molar-refractivity contribution in [2.45, 2.75) is 20.4 Å². The van der Waals surface area contributed by atoms with E-state index in [-0.39, 0.29) is 0 Å². The van der Waals surface area contributed by atoms with Gasteiger partial charge in [0.25, 0.3) is 0 Å². The molecule has 0 bridgehead atoms. The van der Waals surface area contributed by atoms with Crippen molar-refractivity contribution in [3.63, 3.8) is 0 Å². The summed E-state index contributed by atoms with van der Waals surface area (Å²) in [5.41, 5.74) is 5.85. The Kier molecular flexibility index (Phi) is 4.86. The number of methoxy groups -OCH3 is 2. The molecule has 0 aliphatic heterocycles. The first-order valence-electron chi connectivity index (χ1n) is 7.07. The molecule has 0 radical (unpaired) electrons. The van der Waals surface area contributed by atoms with Crippen LogP contribution >= 0.6 is 0 Å². The highest BCUT2D eigenvalue weighted by Crippen LogP contribution is 2.32. The SMILES string of the molecule is CNCc1cc(-c2cc(C)c(OC)c(C)c2)ccc1OC. The topological polar surface area (TPSA) is 30.5 Å². The molecule has 0 fully saturated rings. The normalized spacial score (nSPS) is 10.5. The van der Waals surface area contributed by atoms with Gasteiger partial charge in [0.2, 0.25) is 0 Å². The third kappa shape index (κ3) is 3.19. The smallest absolute Gasteiger partial charge is 0.124 e. The fraction of sp³-hybridized carbons (Fsp3) is 0.333. The molecule has 3 nitrogen and oxygen atoms in total. The molecule has 0 saturated heterocycles. The second-order valence-electron chi connectivity index (χ2n) is 5.20. The highest BCUT2D eigenvalue weighted by atomic mass is 16.5. The van der Waals surface area contributed by atoms with E-state index in [1.165, 1.54) is 11.1 Å². The molecule has 0 atom stereocenters. The quantitative estimate of drug-likeness (QED) is 0.908. The number of nitrogens with one attached hydrogen (secondary N) is 1. The molecule has 0 saturated carbocycles. The summed E-state index contributed by atoms with van der Waals surface area (Å²) in [5.74, 6) is 1.87. The van der Waals surface area contributed by atoms with Crippen molar-refractivity contribution in [3.05, 3.63) is 47.0 Å². The molecule has 112 valence electrons. The maximum atomic E-state index is 5.44. The van der Waals surface area contributed by atoms with Crippen LogP contribution in [-0.4, -0.2) is 21.3 Å². The molecule has 0 amide bonds. The van der Waals surface area contributed by atoms with Gasteiger partial charge in [0, 0.05) is 12.1 Å². The average molecular weight is 285 g/mol. The minimum absolute atomic E-state index is 0.783. The summed E-state index contributed by atoms with van der Waals surface area (Å²) >= 11 is 0. The lowest BCUT2D eigenvalue weighted by Crippen LogP contribution is -2.06. The summed E-state index contributed by atoms with van der Waals surface area (Å²) in [6, 6.07) is 10.6. The van der Waals surface area contributed by atoms with Gasteiger partial charge in [0.1, 0.15) is 11.5 Å². The summed E-state index contributed by atoms with van der Waals surface area (Å²) in [4.78, 5) is 0. The van der Waals surface area contributed by atoms with Crippen LogP contribution in [0, 0.1) is 13.8 Å². The van der Waals surface area contributed by atoms with Gasteiger partial charge in [-0.1, -0.05) is 6.07 Å². The number of hydrogen-bond donors (Lipinski definition) is 1. The molecule has 1 N–H and O–H groups in total. The van der Waals surface area contributed by atoms with Gasteiger partial charge < -0.3 is 14.8 Å². The zero-order valence-electron chi connectivity index (χ0n) is 13.4. The van der Waals surface area contributed by atoms with Crippen LogP contribution in [0.5, 0.6) is 11.5 Å². The first kappa shape index (κ1) is 15.4. The Bertz CT molecular complexity index is 612. The van der Waals surface area contributed by atoms with Gasteiger partial charge >= 0.3 is 0 Å². The fourth-order valence-corrected chi connectivity index (χ4v) is 2.73. The third-order valence-electron chi connectivity index (χ3n) is 3.65. The third-order valence-corrected chi connectivity index (χ3v) is 3.65. The van der Waals surface area contributed by atoms with Crippen molar-refractivity contribution >= 4 is 0 Å². The van der Waals surface area contributed by atoms with E-state index in [4.69, 9.17) is 9.47 Å². The van der Waals surface area contributed by atoms with E-state index in [9.17, 15) is 0 Å². The second-order valence-corrected chi connectivity index (χ2v) is 5.20. The zero-order chi connectivity index (χ0) is 15.4.